The lowest BCUT2D eigenvalue weighted by atomic mass is 9.85. The van der Waals surface area contributed by atoms with Crippen molar-refractivity contribution in [2.24, 2.45) is 0 Å². The van der Waals surface area contributed by atoms with Crippen LogP contribution >= 0.6 is 0 Å². The lowest BCUT2D eigenvalue weighted by Gasteiger charge is -2.36. The Bertz CT molecular complexity index is 1040. The number of hydrogen-bond acceptors (Lipinski definition) is 5. The van der Waals surface area contributed by atoms with Gasteiger partial charge in [0.2, 0.25) is 0 Å². The fraction of sp³-hybridized carbons (Fsp3) is 0.500. The van der Waals surface area contributed by atoms with Crippen LogP contribution in [0.25, 0.3) is 11.0 Å². The van der Waals surface area contributed by atoms with Gasteiger partial charge in [0.1, 0.15) is 11.6 Å². The van der Waals surface area contributed by atoms with Gasteiger partial charge in [0.25, 0.3) is 0 Å². The fourth-order valence-corrected chi connectivity index (χ4v) is 5.65. The van der Waals surface area contributed by atoms with Crippen molar-refractivity contribution < 1.29 is 9.47 Å². The fourth-order valence-electron chi connectivity index (χ4n) is 5.65. The van der Waals surface area contributed by atoms with E-state index in [1.807, 2.05) is 0 Å². The first-order chi connectivity index (χ1) is 15.8. The van der Waals surface area contributed by atoms with Crippen LogP contribution in [-0.2, 0) is 4.74 Å². The van der Waals surface area contributed by atoms with Crippen molar-refractivity contribution in [3.63, 3.8) is 0 Å². The van der Waals surface area contributed by atoms with Gasteiger partial charge < -0.3 is 14.5 Å². The highest BCUT2D eigenvalue weighted by atomic mass is 16.5. The number of benzene rings is 2. The Morgan fingerprint density at radius 3 is 2.88 bits per heavy atom. The van der Waals surface area contributed by atoms with E-state index in [-0.39, 0.29) is 5.92 Å². The number of rotatable bonds is 6. The molecule has 0 unspecified atom stereocenters. The molecular formula is C26H32N4O2. The monoisotopic (exact) mass is 432 g/mol. The lowest BCUT2D eigenvalue weighted by Crippen LogP contribution is -2.37. The summed E-state index contributed by atoms with van der Waals surface area (Å²) in [5, 5.41) is 0. The maximum atomic E-state index is 6.20. The quantitative estimate of drug-likeness (QED) is 0.598. The summed E-state index contributed by atoms with van der Waals surface area (Å²) >= 11 is 0. The van der Waals surface area contributed by atoms with Crippen molar-refractivity contribution in [1.29, 1.82) is 0 Å². The Balaban J connectivity index is 1.20. The lowest BCUT2D eigenvalue weighted by molar-refractivity contribution is 0.0358. The van der Waals surface area contributed by atoms with Crippen LogP contribution in [0.4, 0.5) is 0 Å². The molecule has 3 aliphatic heterocycles. The van der Waals surface area contributed by atoms with Gasteiger partial charge in [-0.05, 0) is 61.2 Å². The SMILES string of the molecule is c1ccc2[nH]c([C@H]3CN4CCC[C@H]4c4cc(OCCCN5CCOCC5)ccc43)nc2c1. The molecule has 168 valence electrons. The summed E-state index contributed by atoms with van der Waals surface area (Å²) < 4.78 is 11.6. The van der Waals surface area contributed by atoms with E-state index in [4.69, 9.17) is 14.5 Å². The number of morpholine rings is 1. The Hall–Kier alpha value is -2.41. The van der Waals surface area contributed by atoms with E-state index in [2.05, 4.69) is 57.2 Å². The molecule has 32 heavy (non-hydrogen) atoms. The number of ether oxygens (including phenoxy) is 2. The zero-order chi connectivity index (χ0) is 21.3. The summed E-state index contributed by atoms with van der Waals surface area (Å²) in [5.74, 6) is 2.36. The second-order valence-corrected chi connectivity index (χ2v) is 9.29. The van der Waals surface area contributed by atoms with Crippen molar-refractivity contribution in [2.75, 3.05) is 52.5 Å². The van der Waals surface area contributed by atoms with Gasteiger partial charge >= 0.3 is 0 Å². The third-order valence-corrected chi connectivity index (χ3v) is 7.30. The molecule has 0 spiro atoms. The number of nitrogens with one attached hydrogen (secondary N) is 1. The van der Waals surface area contributed by atoms with E-state index in [1.54, 1.807) is 0 Å². The zero-order valence-electron chi connectivity index (χ0n) is 18.6. The van der Waals surface area contributed by atoms with Crippen LogP contribution in [-0.4, -0.2) is 72.3 Å². The third-order valence-electron chi connectivity index (χ3n) is 7.30. The second-order valence-electron chi connectivity index (χ2n) is 9.29. The average Bonchev–Trinajstić information content (AvgIpc) is 3.49. The smallest absolute Gasteiger partial charge is 0.119 e. The van der Waals surface area contributed by atoms with Crippen LogP contribution in [0.1, 0.15) is 48.2 Å². The third kappa shape index (κ3) is 3.91. The van der Waals surface area contributed by atoms with Crippen molar-refractivity contribution in [3.8, 4) is 5.75 Å². The van der Waals surface area contributed by atoms with E-state index >= 15 is 0 Å². The molecule has 2 saturated heterocycles. The standard InChI is InChI=1S/C26H32N4O2/c1-2-6-24-23(5-1)27-26(28-24)22-18-30-11-3-7-25(30)21-17-19(8-9-20(21)22)32-14-4-10-29-12-15-31-16-13-29/h1-2,5-6,8-9,17,22,25H,3-4,7,10-16,18H2,(H,27,28)/t22-,25-/m0/s1. The highest BCUT2D eigenvalue weighted by molar-refractivity contribution is 5.75. The molecular weight excluding hydrogens is 400 g/mol. The summed E-state index contributed by atoms with van der Waals surface area (Å²) in [6, 6.07) is 15.6. The van der Waals surface area contributed by atoms with Crippen molar-refractivity contribution in [2.45, 2.75) is 31.2 Å². The number of imidazole rings is 1. The predicted octanol–water partition coefficient (Wildman–Crippen LogP) is 3.95. The Morgan fingerprint density at radius 1 is 1.06 bits per heavy atom. The van der Waals surface area contributed by atoms with Crippen LogP contribution in [0.2, 0.25) is 0 Å². The summed E-state index contributed by atoms with van der Waals surface area (Å²) in [5.41, 5.74) is 5.01. The number of fused-ring (bicyclic) bond motifs is 4. The van der Waals surface area contributed by atoms with Crippen LogP contribution in [0.3, 0.4) is 0 Å². The van der Waals surface area contributed by atoms with E-state index < -0.39 is 0 Å². The van der Waals surface area contributed by atoms with Crippen LogP contribution in [0, 0.1) is 0 Å². The Labute approximate surface area is 189 Å². The highest BCUT2D eigenvalue weighted by Crippen LogP contribution is 2.45. The Morgan fingerprint density at radius 2 is 1.97 bits per heavy atom. The molecule has 6 heteroatoms. The Kier molecular flexibility index (Phi) is 5.59. The van der Waals surface area contributed by atoms with Crippen LogP contribution < -0.4 is 4.74 Å². The molecule has 2 aromatic carbocycles. The molecule has 1 aromatic heterocycles. The molecule has 1 N–H and O–H groups in total. The number of nitrogens with zero attached hydrogens (tertiary/aromatic N) is 3. The van der Waals surface area contributed by atoms with Gasteiger partial charge in [-0.15, -0.1) is 0 Å². The minimum absolute atomic E-state index is 0.280. The molecule has 6 nitrogen and oxygen atoms in total. The van der Waals surface area contributed by atoms with Crippen molar-refractivity contribution in [1.82, 2.24) is 19.8 Å². The van der Waals surface area contributed by atoms with Crippen LogP contribution in [0.5, 0.6) is 5.75 Å². The van der Waals surface area contributed by atoms with Gasteiger partial charge in [0, 0.05) is 32.2 Å². The van der Waals surface area contributed by atoms with E-state index in [0.717, 1.165) is 75.0 Å². The molecule has 0 radical (unpaired) electrons. The van der Waals surface area contributed by atoms with Gasteiger partial charge in [-0.2, -0.15) is 0 Å². The number of para-hydroxylation sites is 2. The van der Waals surface area contributed by atoms with Gasteiger partial charge in [-0.25, -0.2) is 4.98 Å². The average molecular weight is 433 g/mol. The first-order valence-corrected chi connectivity index (χ1v) is 12.1. The summed E-state index contributed by atoms with van der Waals surface area (Å²) in [7, 11) is 0. The number of aromatic amines is 1. The first kappa shape index (κ1) is 20.2. The van der Waals surface area contributed by atoms with Crippen molar-refractivity contribution in [3.05, 3.63) is 59.4 Å². The highest BCUT2D eigenvalue weighted by Gasteiger charge is 2.37. The molecule has 0 aliphatic carbocycles. The molecule has 3 aromatic rings. The van der Waals surface area contributed by atoms with Gasteiger partial charge in [-0.3, -0.25) is 9.80 Å². The molecule has 6 rings (SSSR count). The van der Waals surface area contributed by atoms with E-state index in [0.29, 0.717) is 6.04 Å². The summed E-state index contributed by atoms with van der Waals surface area (Å²) in [6.45, 7) is 7.85. The van der Waals surface area contributed by atoms with E-state index in [9.17, 15) is 0 Å². The molecule has 0 amide bonds. The summed E-state index contributed by atoms with van der Waals surface area (Å²) in [6.07, 6.45) is 3.55. The number of hydrogen-bond donors (Lipinski definition) is 1. The molecule has 4 heterocycles. The molecule has 2 fully saturated rings. The largest absolute Gasteiger partial charge is 0.494 e. The topological polar surface area (TPSA) is 53.6 Å². The maximum Gasteiger partial charge on any atom is 0.119 e. The minimum Gasteiger partial charge on any atom is -0.494 e. The summed E-state index contributed by atoms with van der Waals surface area (Å²) in [4.78, 5) is 13.6. The molecule has 3 aliphatic rings. The molecule has 0 saturated carbocycles. The van der Waals surface area contributed by atoms with Gasteiger partial charge in [0.05, 0.1) is 36.8 Å². The van der Waals surface area contributed by atoms with Crippen molar-refractivity contribution >= 4 is 11.0 Å². The van der Waals surface area contributed by atoms with E-state index in [1.165, 1.54) is 30.5 Å². The van der Waals surface area contributed by atoms with Crippen LogP contribution in [0.15, 0.2) is 42.5 Å². The van der Waals surface area contributed by atoms with Gasteiger partial charge in [-0.1, -0.05) is 18.2 Å². The number of H-pyrrole nitrogens is 1. The first-order valence-electron chi connectivity index (χ1n) is 12.1. The maximum absolute atomic E-state index is 6.20. The number of aromatic nitrogens is 2. The second kappa shape index (κ2) is 8.85. The molecule has 0 bridgehead atoms. The normalized spacial score (nSPS) is 23.9. The molecule has 2 atom stereocenters. The predicted molar refractivity (Wildman–Crippen MR) is 125 cm³/mol. The van der Waals surface area contributed by atoms with Gasteiger partial charge in [0.15, 0.2) is 0 Å². The zero-order valence-corrected chi connectivity index (χ0v) is 18.6. The minimum atomic E-state index is 0.280.